The van der Waals surface area contributed by atoms with Crippen molar-refractivity contribution < 1.29 is 53.0 Å². The molecule has 0 aromatic rings. The summed E-state index contributed by atoms with van der Waals surface area (Å²) in [5.41, 5.74) is -0.779. The zero-order valence-corrected chi connectivity index (χ0v) is 20.4. The van der Waals surface area contributed by atoms with Crippen LogP contribution in [0.3, 0.4) is 0 Å². The second kappa shape index (κ2) is 16.6. The summed E-state index contributed by atoms with van der Waals surface area (Å²) in [6.45, 7) is 5.96. The summed E-state index contributed by atoms with van der Waals surface area (Å²) in [7, 11) is 2.94. The van der Waals surface area contributed by atoms with Gasteiger partial charge in [-0.1, -0.05) is 0 Å². The van der Waals surface area contributed by atoms with Crippen LogP contribution in [0.2, 0.25) is 0 Å². The Morgan fingerprint density at radius 2 is 1.36 bits per heavy atom. The zero-order valence-electron chi connectivity index (χ0n) is 20.4. The maximum Gasteiger partial charge on any atom is 0.410 e. The van der Waals surface area contributed by atoms with Gasteiger partial charge in [-0.25, -0.2) is 4.79 Å². The Kier molecular flexibility index (Phi) is 15.6. The summed E-state index contributed by atoms with van der Waals surface area (Å²) >= 11 is 0. The normalized spacial score (nSPS) is 13.4. The third-order valence-corrected chi connectivity index (χ3v) is 3.85. The lowest BCUT2D eigenvalue weighted by Crippen LogP contribution is -2.40. The maximum atomic E-state index is 12.5. The van der Waals surface area contributed by atoms with Crippen LogP contribution in [0.15, 0.2) is 0 Å². The van der Waals surface area contributed by atoms with Gasteiger partial charge in [0, 0.05) is 27.3 Å². The molecule has 2 N–H and O–H groups in total. The molecule has 0 saturated heterocycles. The van der Waals surface area contributed by atoms with Crippen molar-refractivity contribution in [2.45, 2.75) is 64.6 Å². The van der Waals surface area contributed by atoms with Crippen LogP contribution in [-0.4, -0.2) is 111 Å². The van der Waals surface area contributed by atoms with Crippen LogP contribution in [0.25, 0.3) is 0 Å². The predicted molar refractivity (Wildman–Crippen MR) is 115 cm³/mol. The van der Waals surface area contributed by atoms with Gasteiger partial charge in [-0.3, -0.25) is 9.59 Å². The summed E-state index contributed by atoms with van der Waals surface area (Å²) in [6.07, 6.45) is -3.68. The van der Waals surface area contributed by atoms with E-state index in [9.17, 15) is 19.5 Å². The molecular formula is C21H39NO11. The molecule has 1 amide bonds. The van der Waals surface area contributed by atoms with E-state index in [1.165, 1.54) is 26.0 Å². The lowest BCUT2D eigenvalue weighted by atomic mass is 10.2. The first kappa shape index (κ1) is 31.0. The van der Waals surface area contributed by atoms with Crippen molar-refractivity contribution >= 4 is 18.0 Å². The van der Waals surface area contributed by atoms with Gasteiger partial charge in [0.2, 0.25) is 0 Å². The molecule has 0 saturated carbocycles. The molecule has 12 heteroatoms. The first-order chi connectivity index (χ1) is 15.4. The van der Waals surface area contributed by atoms with Crippen molar-refractivity contribution in [3.05, 3.63) is 0 Å². The fraction of sp³-hybridized carbons (Fsp3) is 0.857. The average molecular weight is 482 g/mol. The quantitative estimate of drug-likeness (QED) is 0.180. The van der Waals surface area contributed by atoms with Crippen LogP contribution in [0, 0.1) is 0 Å². The Hall–Kier alpha value is -1.99. The zero-order chi connectivity index (χ0) is 25.4. The van der Waals surface area contributed by atoms with E-state index in [2.05, 4.69) is 0 Å². The van der Waals surface area contributed by atoms with Crippen molar-refractivity contribution in [1.82, 2.24) is 4.90 Å². The number of esters is 2. The highest BCUT2D eigenvalue weighted by atomic mass is 16.6. The Labute approximate surface area is 195 Å². The molecule has 2 atom stereocenters. The summed E-state index contributed by atoms with van der Waals surface area (Å²) in [5.74, 6) is -1.26. The summed E-state index contributed by atoms with van der Waals surface area (Å²) in [6, 6.07) is 0. The highest BCUT2D eigenvalue weighted by Gasteiger charge is 2.25. The number of aliphatic hydroxyl groups is 2. The Balaban J connectivity index is 4.91. The molecule has 0 spiro atoms. The largest absolute Gasteiger partial charge is 0.457 e. The van der Waals surface area contributed by atoms with E-state index >= 15 is 0 Å². The minimum Gasteiger partial charge on any atom is -0.457 e. The topological polar surface area (TPSA) is 150 Å². The van der Waals surface area contributed by atoms with Gasteiger partial charge < -0.3 is 43.5 Å². The van der Waals surface area contributed by atoms with E-state index in [0.29, 0.717) is 0 Å². The van der Waals surface area contributed by atoms with Gasteiger partial charge >= 0.3 is 18.0 Å². The van der Waals surface area contributed by atoms with Crippen LogP contribution < -0.4 is 0 Å². The summed E-state index contributed by atoms with van der Waals surface area (Å²) in [4.78, 5) is 38.1. The predicted octanol–water partition coefficient (Wildman–Crippen LogP) is 0.467. The van der Waals surface area contributed by atoms with Crippen molar-refractivity contribution in [3.8, 4) is 0 Å². The minimum atomic E-state index is -1.08. The number of carbonyl (C=O) groups excluding carboxylic acids is 3. The fourth-order valence-corrected chi connectivity index (χ4v) is 2.42. The highest BCUT2D eigenvalue weighted by molar-refractivity contribution is 5.74. The Morgan fingerprint density at radius 1 is 0.879 bits per heavy atom. The average Bonchev–Trinajstić information content (AvgIpc) is 2.69. The first-order valence-corrected chi connectivity index (χ1v) is 10.7. The molecule has 12 nitrogen and oxygen atoms in total. The second-order valence-electron chi connectivity index (χ2n) is 8.22. The number of methoxy groups -OCH3 is 2. The molecule has 0 aliphatic heterocycles. The number of carbonyl (C=O) groups is 3. The van der Waals surface area contributed by atoms with Gasteiger partial charge in [0.25, 0.3) is 0 Å². The molecule has 33 heavy (non-hydrogen) atoms. The lowest BCUT2D eigenvalue weighted by molar-refractivity contribution is -0.164. The molecule has 0 aliphatic carbocycles. The van der Waals surface area contributed by atoms with Crippen LogP contribution in [0.4, 0.5) is 4.79 Å². The molecule has 0 aromatic heterocycles. The monoisotopic (exact) mass is 481 g/mol. The van der Waals surface area contributed by atoms with E-state index in [4.69, 9.17) is 33.5 Å². The number of rotatable bonds is 16. The third kappa shape index (κ3) is 16.3. The van der Waals surface area contributed by atoms with E-state index < -0.39 is 48.7 Å². The number of nitrogens with zero attached hydrogens (tertiary/aromatic N) is 1. The van der Waals surface area contributed by atoms with E-state index in [1.807, 2.05) is 0 Å². The molecule has 0 heterocycles. The minimum absolute atomic E-state index is 0.0533. The van der Waals surface area contributed by atoms with Crippen molar-refractivity contribution in [2.75, 3.05) is 53.7 Å². The Bertz CT molecular complexity index is 571. The second-order valence-corrected chi connectivity index (χ2v) is 8.22. The van der Waals surface area contributed by atoms with E-state index in [-0.39, 0.29) is 45.8 Å². The molecule has 194 valence electrons. The molecule has 0 bridgehead atoms. The number of hydrogen-bond donors (Lipinski definition) is 2. The van der Waals surface area contributed by atoms with E-state index in [1.54, 1.807) is 20.8 Å². The molecule has 0 rings (SSSR count). The first-order valence-electron chi connectivity index (χ1n) is 10.7. The fourth-order valence-electron chi connectivity index (χ4n) is 2.42. The molecule has 0 fully saturated rings. The van der Waals surface area contributed by atoms with Crippen molar-refractivity contribution in [2.24, 2.45) is 0 Å². The molecular weight excluding hydrogens is 442 g/mol. The Morgan fingerprint density at radius 3 is 1.76 bits per heavy atom. The number of ether oxygens (including phenoxy) is 6. The SMILES string of the molecule is COCC(COC)OC(=O)CCN(CCC(=O)OC(CO)COC(C)O)C(=O)OC(C)(C)C. The third-order valence-electron chi connectivity index (χ3n) is 3.85. The molecule has 0 radical (unpaired) electrons. The standard InChI is InChI=1S/C21H39NO11/c1-15(24)30-14-16(11-23)31-18(25)7-9-22(20(27)33-21(2,3)4)10-8-19(26)32-17(12-28-5)13-29-6/h15-17,23-24H,7-14H2,1-6H3. The van der Waals surface area contributed by atoms with Crippen molar-refractivity contribution in [1.29, 1.82) is 0 Å². The maximum absolute atomic E-state index is 12.5. The van der Waals surface area contributed by atoms with Gasteiger partial charge in [-0.05, 0) is 27.7 Å². The number of amides is 1. The van der Waals surface area contributed by atoms with Crippen LogP contribution in [-0.2, 0) is 38.0 Å². The van der Waals surface area contributed by atoms with Gasteiger partial charge in [0.05, 0.1) is 39.3 Å². The highest BCUT2D eigenvalue weighted by Crippen LogP contribution is 2.12. The van der Waals surface area contributed by atoms with E-state index in [0.717, 1.165) is 0 Å². The molecule has 0 aromatic carbocycles. The van der Waals surface area contributed by atoms with Gasteiger partial charge in [-0.15, -0.1) is 0 Å². The summed E-state index contributed by atoms with van der Waals surface area (Å²) in [5, 5.41) is 18.4. The van der Waals surface area contributed by atoms with Gasteiger partial charge in [0.1, 0.15) is 17.8 Å². The molecule has 0 aliphatic rings. The van der Waals surface area contributed by atoms with Crippen LogP contribution in [0.1, 0.15) is 40.5 Å². The lowest BCUT2D eigenvalue weighted by Gasteiger charge is -2.27. The van der Waals surface area contributed by atoms with Gasteiger partial charge in [-0.2, -0.15) is 0 Å². The van der Waals surface area contributed by atoms with Crippen LogP contribution >= 0.6 is 0 Å². The summed E-state index contributed by atoms with van der Waals surface area (Å²) < 4.78 is 30.6. The van der Waals surface area contributed by atoms with Gasteiger partial charge in [0.15, 0.2) is 6.29 Å². The number of aliphatic hydroxyl groups excluding tert-OH is 2. The smallest absolute Gasteiger partial charge is 0.410 e. The number of hydrogen-bond acceptors (Lipinski definition) is 11. The van der Waals surface area contributed by atoms with Crippen LogP contribution in [0.5, 0.6) is 0 Å². The van der Waals surface area contributed by atoms with Crippen molar-refractivity contribution in [3.63, 3.8) is 0 Å². The molecule has 2 unspecified atom stereocenters.